The smallest absolute Gasteiger partial charge is 0.309 e. The number of carbonyl (C=O) groups excluding carboxylic acids is 1. The number of nitrogens with one attached hydrogen (secondary N) is 1. The molecule has 100 valence electrons. The van der Waals surface area contributed by atoms with Crippen LogP contribution in [0.25, 0.3) is 0 Å². The number of carbonyl (C=O) groups is 2. The maximum Gasteiger partial charge on any atom is 0.309 e. The number of ketones is 1. The van der Waals surface area contributed by atoms with Crippen LogP contribution in [0.4, 0.5) is 10.9 Å². The van der Waals surface area contributed by atoms with Gasteiger partial charge in [0.25, 0.3) is 0 Å². The van der Waals surface area contributed by atoms with Gasteiger partial charge in [0.1, 0.15) is 5.82 Å². The summed E-state index contributed by atoms with van der Waals surface area (Å²) in [6.45, 7) is 0.0448. The fraction of sp³-hybridized carbons (Fsp3) is 0.200. The molecule has 0 aromatic carbocycles. The van der Waals surface area contributed by atoms with E-state index in [1.807, 2.05) is 0 Å². The molecule has 2 rings (SSSR count). The van der Waals surface area contributed by atoms with E-state index in [1.165, 1.54) is 11.3 Å². The van der Waals surface area contributed by atoms with Crippen LogP contribution in [0.2, 0.25) is 0 Å². The van der Waals surface area contributed by atoms with E-state index in [0.29, 0.717) is 16.6 Å². The van der Waals surface area contributed by atoms with Gasteiger partial charge in [-0.3, -0.25) is 9.59 Å². The summed E-state index contributed by atoms with van der Waals surface area (Å²) in [7, 11) is 0. The van der Waals surface area contributed by atoms with Crippen molar-refractivity contribution in [3.8, 4) is 0 Å². The Morgan fingerprint density at radius 1 is 1.32 bits per heavy atom. The van der Waals surface area contributed by atoms with E-state index in [2.05, 4.69) is 15.3 Å². The standard InChI is InChI=1S/C10H10N4O3S2/c11-10-14-7(4-19-10)12-2-6(15)9-13-5(3-18-9)1-8(16)17/h3-4,12H,1-2H2,(H2,11,14)(H,16,17). The topological polar surface area (TPSA) is 118 Å². The molecule has 0 bridgehead atoms. The zero-order chi connectivity index (χ0) is 13.8. The third-order valence-corrected chi connectivity index (χ3v) is 3.68. The Bertz CT molecular complexity index is 607. The highest BCUT2D eigenvalue weighted by molar-refractivity contribution is 7.13. The summed E-state index contributed by atoms with van der Waals surface area (Å²) in [4.78, 5) is 30.2. The first-order valence-corrected chi connectivity index (χ1v) is 6.95. The van der Waals surface area contributed by atoms with Gasteiger partial charge in [0.05, 0.1) is 18.7 Å². The van der Waals surface area contributed by atoms with E-state index in [9.17, 15) is 9.59 Å². The molecule has 19 heavy (non-hydrogen) atoms. The van der Waals surface area contributed by atoms with E-state index in [1.54, 1.807) is 10.8 Å². The number of nitrogens with zero attached hydrogens (tertiary/aromatic N) is 2. The van der Waals surface area contributed by atoms with Gasteiger partial charge in [0.2, 0.25) is 5.78 Å². The Morgan fingerprint density at radius 2 is 2.11 bits per heavy atom. The number of aromatic nitrogens is 2. The molecule has 0 aliphatic carbocycles. The number of carboxylic acids is 1. The number of carboxylic acid groups (broad SMARTS) is 1. The van der Waals surface area contributed by atoms with Gasteiger partial charge >= 0.3 is 5.97 Å². The van der Waals surface area contributed by atoms with Crippen LogP contribution >= 0.6 is 22.7 Å². The van der Waals surface area contributed by atoms with Crippen LogP contribution < -0.4 is 11.1 Å². The molecule has 0 saturated heterocycles. The summed E-state index contributed by atoms with van der Waals surface area (Å²) < 4.78 is 0. The molecule has 0 aliphatic heterocycles. The van der Waals surface area contributed by atoms with Crippen LogP contribution in [0.5, 0.6) is 0 Å². The average Bonchev–Trinajstić information content (AvgIpc) is 2.95. The summed E-state index contributed by atoms with van der Waals surface area (Å²) in [5, 5.41) is 15.4. The van der Waals surface area contributed by atoms with Crippen LogP contribution in [-0.4, -0.2) is 33.4 Å². The van der Waals surface area contributed by atoms with Gasteiger partial charge in [-0.1, -0.05) is 0 Å². The molecule has 4 N–H and O–H groups in total. The lowest BCUT2D eigenvalue weighted by molar-refractivity contribution is -0.136. The van der Waals surface area contributed by atoms with Crippen molar-refractivity contribution >= 4 is 45.4 Å². The summed E-state index contributed by atoms with van der Waals surface area (Å²) in [5.74, 6) is -0.647. The zero-order valence-electron chi connectivity index (χ0n) is 9.62. The molecule has 0 aliphatic rings. The van der Waals surface area contributed by atoms with Crippen molar-refractivity contribution in [2.75, 3.05) is 17.6 Å². The molecule has 2 heterocycles. The van der Waals surface area contributed by atoms with Crippen molar-refractivity contribution in [2.24, 2.45) is 0 Å². The van der Waals surface area contributed by atoms with Crippen molar-refractivity contribution < 1.29 is 14.7 Å². The van der Waals surface area contributed by atoms with Gasteiger partial charge in [-0.25, -0.2) is 9.97 Å². The summed E-state index contributed by atoms with van der Waals surface area (Å²) in [6.07, 6.45) is -0.181. The minimum Gasteiger partial charge on any atom is -0.481 e. The zero-order valence-corrected chi connectivity index (χ0v) is 11.3. The quantitative estimate of drug-likeness (QED) is 0.683. The normalized spacial score (nSPS) is 10.3. The molecule has 0 atom stereocenters. The monoisotopic (exact) mass is 298 g/mol. The van der Waals surface area contributed by atoms with E-state index < -0.39 is 5.97 Å². The van der Waals surface area contributed by atoms with E-state index in [-0.39, 0.29) is 23.8 Å². The van der Waals surface area contributed by atoms with Crippen LogP contribution in [0.1, 0.15) is 15.5 Å². The number of anilines is 2. The molecule has 2 aromatic heterocycles. The molecule has 7 nitrogen and oxygen atoms in total. The number of aliphatic carboxylic acids is 1. The van der Waals surface area contributed by atoms with Gasteiger partial charge in [-0.15, -0.1) is 22.7 Å². The van der Waals surface area contributed by atoms with Gasteiger partial charge in [-0.2, -0.15) is 0 Å². The van der Waals surface area contributed by atoms with Gasteiger partial charge in [0.15, 0.2) is 10.1 Å². The molecule has 0 saturated carbocycles. The van der Waals surface area contributed by atoms with E-state index in [4.69, 9.17) is 10.8 Å². The third kappa shape index (κ3) is 3.73. The number of thiazole rings is 2. The summed E-state index contributed by atoms with van der Waals surface area (Å²) >= 11 is 2.41. The van der Waals surface area contributed by atoms with Crippen molar-refractivity contribution in [3.05, 3.63) is 21.5 Å². The van der Waals surface area contributed by atoms with Crippen LogP contribution in [0, 0.1) is 0 Å². The lowest BCUT2D eigenvalue weighted by atomic mass is 10.3. The Kier molecular flexibility index (Phi) is 4.07. The molecule has 2 aromatic rings. The molecule has 0 amide bonds. The first-order chi connectivity index (χ1) is 9.04. The van der Waals surface area contributed by atoms with Crippen molar-refractivity contribution in [1.29, 1.82) is 0 Å². The second kappa shape index (κ2) is 5.76. The Morgan fingerprint density at radius 3 is 2.74 bits per heavy atom. The number of nitrogen functional groups attached to an aromatic ring is 1. The average molecular weight is 298 g/mol. The largest absolute Gasteiger partial charge is 0.481 e. The second-order valence-corrected chi connectivity index (χ2v) is 5.31. The Hall–Kier alpha value is -2.00. The molecular weight excluding hydrogens is 288 g/mol. The lowest BCUT2D eigenvalue weighted by Crippen LogP contribution is -2.14. The predicted molar refractivity (Wildman–Crippen MR) is 72.8 cm³/mol. The maximum atomic E-state index is 11.8. The van der Waals surface area contributed by atoms with Crippen LogP contribution in [-0.2, 0) is 11.2 Å². The number of rotatable bonds is 6. The fourth-order valence-electron chi connectivity index (χ4n) is 1.29. The van der Waals surface area contributed by atoms with Gasteiger partial charge in [0, 0.05) is 10.8 Å². The van der Waals surface area contributed by atoms with Crippen molar-refractivity contribution in [2.45, 2.75) is 6.42 Å². The van der Waals surface area contributed by atoms with E-state index >= 15 is 0 Å². The second-order valence-electron chi connectivity index (χ2n) is 3.56. The molecule has 0 spiro atoms. The van der Waals surface area contributed by atoms with Gasteiger partial charge in [-0.05, 0) is 0 Å². The molecule has 0 radical (unpaired) electrons. The highest BCUT2D eigenvalue weighted by Crippen LogP contribution is 2.16. The molecule has 9 heteroatoms. The number of Topliss-reactive ketones (excluding diaryl/α,β-unsaturated/α-hetero) is 1. The van der Waals surface area contributed by atoms with Crippen LogP contribution in [0.15, 0.2) is 10.8 Å². The number of hydrogen-bond donors (Lipinski definition) is 3. The van der Waals surface area contributed by atoms with E-state index in [0.717, 1.165) is 11.3 Å². The minimum atomic E-state index is -0.972. The van der Waals surface area contributed by atoms with Crippen LogP contribution in [0.3, 0.4) is 0 Å². The SMILES string of the molecule is Nc1nc(NCC(=O)c2nc(CC(=O)O)cs2)cs1. The van der Waals surface area contributed by atoms with Gasteiger partial charge < -0.3 is 16.2 Å². The molecule has 0 fully saturated rings. The number of nitrogens with two attached hydrogens (primary N) is 1. The fourth-order valence-corrected chi connectivity index (χ4v) is 2.56. The third-order valence-electron chi connectivity index (χ3n) is 2.07. The first kappa shape index (κ1) is 13.4. The first-order valence-electron chi connectivity index (χ1n) is 5.19. The number of hydrogen-bond acceptors (Lipinski definition) is 8. The molecule has 0 unspecified atom stereocenters. The Balaban J connectivity index is 1.92. The lowest BCUT2D eigenvalue weighted by Gasteiger charge is -1.99. The summed E-state index contributed by atoms with van der Waals surface area (Å²) in [5.41, 5.74) is 5.85. The predicted octanol–water partition coefficient (Wildman–Crippen LogP) is 1.10. The highest BCUT2D eigenvalue weighted by Gasteiger charge is 2.13. The summed E-state index contributed by atoms with van der Waals surface area (Å²) in [6, 6.07) is 0. The van der Waals surface area contributed by atoms with Crippen molar-refractivity contribution in [3.63, 3.8) is 0 Å². The minimum absolute atomic E-state index is 0.0448. The Labute approximate surface area is 116 Å². The molecular formula is C10H10N4O3S2. The highest BCUT2D eigenvalue weighted by atomic mass is 32.1. The van der Waals surface area contributed by atoms with Crippen molar-refractivity contribution in [1.82, 2.24) is 9.97 Å². The maximum absolute atomic E-state index is 11.8.